The van der Waals surface area contributed by atoms with Crippen LogP contribution in [0.2, 0.25) is 0 Å². The molecule has 2 heterocycles. The number of allylic oxidation sites excluding steroid dienone is 2. The van der Waals surface area contributed by atoms with E-state index in [1.54, 1.807) is 10.9 Å². The molecule has 0 saturated heterocycles. The molecule has 1 radical (unpaired) electrons. The molecule has 0 bridgehead atoms. The quantitative estimate of drug-likeness (QED) is 0.637. The predicted molar refractivity (Wildman–Crippen MR) is 42.3 cm³/mol. The number of nitrogens with zero attached hydrogens (tertiary/aromatic N) is 2. The first kappa shape index (κ1) is 6.22. The van der Waals surface area contributed by atoms with Crippen LogP contribution in [0.25, 0.3) is 0 Å². The van der Waals surface area contributed by atoms with Crippen molar-refractivity contribution in [3.05, 3.63) is 49.1 Å². The highest BCUT2D eigenvalue weighted by molar-refractivity contribution is 5.21. The van der Waals surface area contributed by atoms with Gasteiger partial charge < -0.3 is 5.32 Å². The molecule has 0 spiro atoms. The van der Waals surface area contributed by atoms with Crippen LogP contribution in [0.3, 0.4) is 0 Å². The van der Waals surface area contributed by atoms with E-state index in [0.29, 0.717) is 0 Å². The minimum Gasteiger partial charge on any atom is -0.360 e. The zero-order valence-electron chi connectivity index (χ0n) is 5.94. The van der Waals surface area contributed by atoms with Crippen molar-refractivity contribution in [3.8, 4) is 0 Å². The molecule has 1 aliphatic heterocycles. The number of aromatic nitrogens is 2. The highest BCUT2D eigenvalue weighted by Crippen LogP contribution is 2.04. The zero-order chi connectivity index (χ0) is 7.52. The topological polar surface area (TPSA) is 29.9 Å². The van der Waals surface area contributed by atoms with Crippen LogP contribution in [-0.2, 0) is 0 Å². The van der Waals surface area contributed by atoms with E-state index in [1.807, 2.05) is 36.7 Å². The molecule has 0 aromatic carbocycles. The first-order valence-corrected chi connectivity index (χ1v) is 3.43. The third-order valence-corrected chi connectivity index (χ3v) is 1.44. The molecular weight excluding hydrogens is 138 g/mol. The van der Waals surface area contributed by atoms with Gasteiger partial charge in [-0.15, -0.1) is 0 Å². The molecule has 1 N–H and O–H groups in total. The number of dihydropyridines is 1. The second-order valence-electron chi connectivity index (χ2n) is 2.20. The molecule has 0 fully saturated rings. The van der Waals surface area contributed by atoms with Crippen molar-refractivity contribution in [2.24, 2.45) is 0 Å². The monoisotopic (exact) mass is 146 g/mol. The molecule has 0 aliphatic carbocycles. The van der Waals surface area contributed by atoms with E-state index in [0.717, 1.165) is 6.17 Å². The summed E-state index contributed by atoms with van der Waals surface area (Å²) in [7, 11) is 0. The van der Waals surface area contributed by atoms with Gasteiger partial charge in [0.25, 0.3) is 0 Å². The first-order chi connectivity index (χ1) is 5.47. The Hall–Kier alpha value is -1.51. The average Bonchev–Trinajstić information content (AvgIpc) is 2.58. The summed E-state index contributed by atoms with van der Waals surface area (Å²) in [6.07, 6.45) is 12.4. The summed E-state index contributed by atoms with van der Waals surface area (Å²) in [5.41, 5.74) is 0. The van der Waals surface area contributed by atoms with Gasteiger partial charge in [-0.2, -0.15) is 5.10 Å². The van der Waals surface area contributed by atoms with Crippen molar-refractivity contribution < 1.29 is 0 Å². The molecule has 1 aromatic heterocycles. The number of nitrogens with one attached hydrogen (secondary N) is 1. The van der Waals surface area contributed by atoms with E-state index in [-0.39, 0.29) is 0 Å². The van der Waals surface area contributed by atoms with Gasteiger partial charge in [0.05, 0.1) is 0 Å². The van der Waals surface area contributed by atoms with Crippen molar-refractivity contribution in [1.29, 1.82) is 0 Å². The van der Waals surface area contributed by atoms with Gasteiger partial charge in [0, 0.05) is 12.4 Å². The Kier molecular flexibility index (Phi) is 1.48. The lowest BCUT2D eigenvalue weighted by molar-refractivity contribution is 0.665. The van der Waals surface area contributed by atoms with E-state index in [4.69, 9.17) is 0 Å². The Morgan fingerprint density at radius 3 is 3.00 bits per heavy atom. The minimum absolute atomic E-state index is 0.970. The Morgan fingerprint density at radius 2 is 2.36 bits per heavy atom. The second kappa shape index (κ2) is 2.62. The Balaban J connectivity index is 2.19. The van der Waals surface area contributed by atoms with Gasteiger partial charge in [-0.3, -0.25) is 0 Å². The zero-order valence-corrected chi connectivity index (χ0v) is 5.94. The van der Waals surface area contributed by atoms with E-state index >= 15 is 0 Å². The highest BCUT2D eigenvalue weighted by atomic mass is 15.3. The number of hydrogen-bond donors (Lipinski definition) is 1. The lowest BCUT2D eigenvalue weighted by atomic mass is 10.3. The van der Waals surface area contributed by atoms with Crippen LogP contribution < -0.4 is 5.32 Å². The molecule has 1 aromatic rings. The highest BCUT2D eigenvalue weighted by Gasteiger charge is 2.06. The summed E-state index contributed by atoms with van der Waals surface area (Å²) >= 11 is 0. The summed E-state index contributed by atoms with van der Waals surface area (Å²) < 4.78 is 1.78. The van der Waals surface area contributed by atoms with Gasteiger partial charge in [0.15, 0.2) is 6.17 Å². The normalized spacial score (nSPS) is 16.7. The predicted octanol–water partition coefficient (Wildman–Crippen LogP) is 0.894. The molecular formula is C8H8N3. The fourth-order valence-corrected chi connectivity index (χ4v) is 0.938. The number of hydrogen-bond acceptors (Lipinski definition) is 2. The number of rotatable bonds is 1. The molecule has 0 amide bonds. The van der Waals surface area contributed by atoms with Crippen LogP contribution in [-0.4, -0.2) is 9.78 Å². The van der Waals surface area contributed by atoms with Crippen molar-refractivity contribution in [2.45, 2.75) is 0 Å². The first-order valence-electron chi connectivity index (χ1n) is 3.43. The summed E-state index contributed by atoms with van der Waals surface area (Å²) in [6.45, 7) is 0. The van der Waals surface area contributed by atoms with Crippen molar-refractivity contribution in [3.63, 3.8) is 0 Å². The summed E-state index contributed by atoms with van der Waals surface area (Å²) in [4.78, 5) is 0. The Morgan fingerprint density at radius 1 is 1.36 bits per heavy atom. The Bertz CT molecular complexity index is 272. The third-order valence-electron chi connectivity index (χ3n) is 1.44. The lowest BCUT2D eigenvalue weighted by Crippen LogP contribution is -2.22. The Labute approximate surface area is 65.0 Å². The van der Waals surface area contributed by atoms with Gasteiger partial charge in [0.2, 0.25) is 0 Å². The molecule has 0 saturated carbocycles. The van der Waals surface area contributed by atoms with Crippen LogP contribution in [0.4, 0.5) is 0 Å². The molecule has 1 aliphatic rings. The standard InChI is InChI=1S/C8H8N3/c1-2-5-9-8(4-1)11-7-3-6-10-11/h1-7,9H. The lowest BCUT2D eigenvalue weighted by Gasteiger charge is -2.13. The van der Waals surface area contributed by atoms with Crippen LogP contribution >= 0.6 is 0 Å². The smallest absolute Gasteiger partial charge is 0.198 e. The van der Waals surface area contributed by atoms with Gasteiger partial charge in [-0.25, -0.2) is 4.68 Å². The van der Waals surface area contributed by atoms with E-state index in [2.05, 4.69) is 10.4 Å². The molecule has 0 atom stereocenters. The summed E-state index contributed by atoms with van der Waals surface area (Å²) in [5, 5.41) is 7.14. The molecule has 55 valence electrons. The fraction of sp³-hybridized carbons (Fsp3) is 0. The van der Waals surface area contributed by atoms with Gasteiger partial charge in [-0.05, 0) is 24.4 Å². The van der Waals surface area contributed by atoms with E-state index in [1.165, 1.54) is 0 Å². The van der Waals surface area contributed by atoms with Crippen LogP contribution in [0.5, 0.6) is 0 Å². The molecule has 2 rings (SSSR count). The van der Waals surface area contributed by atoms with Crippen molar-refractivity contribution in [2.75, 3.05) is 0 Å². The van der Waals surface area contributed by atoms with Crippen molar-refractivity contribution >= 4 is 0 Å². The van der Waals surface area contributed by atoms with Gasteiger partial charge in [-0.1, -0.05) is 6.08 Å². The van der Waals surface area contributed by atoms with E-state index < -0.39 is 0 Å². The molecule has 11 heavy (non-hydrogen) atoms. The molecule has 0 unspecified atom stereocenters. The van der Waals surface area contributed by atoms with E-state index in [9.17, 15) is 0 Å². The van der Waals surface area contributed by atoms with Crippen LogP contribution in [0, 0.1) is 6.17 Å². The third kappa shape index (κ3) is 1.17. The van der Waals surface area contributed by atoms with Crippen molar-refractivity contribution in [1.82, 2.24) is 15.1 Å². The van der Waals surface area contributed by atoms with Gasteiger partial charge in [0.1, 0.15) is 0 Å². The van der Waals surface area contributed by atoms with Crippen LogP contribution in [0.1, 0.15) is 0 Å². The minimum atomic E-state index is 0.970. The fourth-order valence-electron chi connectivity index (χ4n) is 0.938. The maximum absolute atomic E-state index is 4.07. The van der Waals surface area contributed by atoms with Gasteiger partial charge >= 0.3 is 0 Å². The SMILES string of the molecule is C1=CN[C](n2cccn2)C=C1. The maximum Gasteiger partial charge on any atom is 0.198 e. The average molecular weight is 146 g/mol. The maximum atomic E-state index is 4.07. The van der Waals surface area contributed by atoms with Crippen LogP contribution in [0.15, 0.2) is 42.9 Å². The molecule has 3 heteroatoms. The second-order valence-corrected chi connectivity index (χ2v) is 2.20. The molecule has 3 nitrogen and oxygen atoms in total. The summed E-state index contributed by atoms with van der Waals surface area (Å²) in [5.74, 6) is 0. The summed E-state index contributed by atoms with van der Waals surface area (Å²) in [6, 6.07) is 1.89. The largest absolute Gasteiger partial charge is 0.360 e.